The number of aromatic carboxylic acids is 1. The quantitative estimate of drug-likeness (QED) is 0.874. The first-order chi connectivity index (χ1) is 12.6. The van der Waals surface area contributed by atoms with E-state index in [4.69, 9.17) is 0 Å². The van der Waals surface area contributed by atoms with Gasteiger partial charge < -0.3 is 15.3 Å². The normalized spacial score (nSPS) is 14.6. The van der Waals surface area contributed by atoms with E-state index in [1.165, 1.54) is 30.5 Å². The second-order valence-electron chi connectivity index (χ2n) is 6.24. The highest BCUT2D eigenvalue weighted by Crippen LogP contribution is 2.24. The van der Waals surface area contributed by atoms with Crippen molar-refractivity contribution in [2.24, 2.45) is 0 Å². The molecule has 1 fully saturated rings. The molecule has 2 heterocycles. The number of carboxylic acid groups (broad SMARTS) is 1. The molecule has 1 saturated heterocycles. The first-order valence-corrected chi connectivity index (χ1v) is 8.60. The minimum atomic E-state index is -1.11. The molecule has 136 valence electrons. The minimum absolute atomic E-state index is 0.0261. The van der Waals surface area contributed by atoms with Crippen molar-refractivity contribution >= 4 is 23.4 Å². The fraction of sp³-hybridized carbons (Fsp3) is 0.316. The summed E-state index contributed by atoms with van der Waals surface area (Å²) >= 11 is 0. The largest absolute Gasteiger partial charge is 0.478 e. The lowest BCUT2D eigenvalue weighted by molar-refractivity contribution is 0.0696. The number of carbonyl (C=O) groups excluding carboxylic acids is 1. The van der Waals surface area contributed by atoms with Crippen molar-refractivity contribution in [1.82, 2.24) is 4.98 Å². The van der Waals surface area contributed by atoms with Gasteiger partial charge in [0, 0.05) is 13.1 Å². The van der Waals surface area contributed by atoms with Gasteiger partial charge in [0.25, 0.3) is 5.91 Å². The van der Waals surface area contributed by atoms with Gasteiger partial charge in [-0.2, -0.15) is 0 Å². The molecule has 26 heavy (non-hydrogen) atoms. The zero-order valence-corrected chi connectivity index (χ0v) is 14.2. The predicted molar refractivity (Wildman–Crippen MR) is 96.2 cm³/mol. The number of nitrogens with zero attached hydrogens (tertiary/aromatic N) is 2. The van der Waals surface area contributed by atoms with Crippen LogP contribution >= 0.6 is 0 Å². The molecule has 0 atom stereocenters. The second-order valence-corrected chi connectivity index (χ2v) is 6.24. The van der Waals surface area contributed by atoms with Crippen molar-refractivity contribution in [3.05, 3.63) is 53.5 Å². The number of carboxylic acids is 1. The highest BCUT2D eigenvalue weighted by atomic mass is 19.1. The number of rotatable bonds is 4. The van der Waals surface area contributed by atoms with Gasteiger partial charge in [-0.15, -0.1) is 0 Å². The van der Waals surface area contributed by atoms with Crippen LogP contribution < -0.4 is 10.2 Å². The van der Waals surface area contributed by atoms with E-state index < -0.39 is 17.7 Å². The summed E-state index contributed by atoms with van der Waals surface area (Å²) in [5.74, 6) is -2.00. The molecule has 7 heteroatoms. The van der Waals surface area contributed by atoms with E-state index in [1.54, 1.807) is 6.07 Å². The molecule has 3 rings (SSSR count). The average molecular weight is 357 g/mol. The number of halogens is 1. The Hall–Kier alpha value is -2.96. The summed E-state index contributed by atoms with van der Waals surface area (Å²) in [6.45, 7) is 1.52. The van der Waals surface area contributed by atoms with Gasteiger partial charge in [-0.1, -0.05) is 25.0 Å². The molecule has 1 aliphatic heterocycles. The smallest absolute Gasteiger partial charge is 0.339 e. The summed E-state index contributed by atoms with van der Waals surface area (Å²) in [4.78, 5) is 30.1. The summed E-state index contributed by atoms with van der Waals surface area (Å²) < 4.78 is 13.7. The molecule has 0 spiro atoms. The Balaban J connectivity index is 1.85. The van der Waals surface area contributed by atoms with Crippen LogP contribution in [-0.2, 0) is 0 Å². The van der Waals surface area contributed by atoms with Crippen molar-refractivity contribution in [3.63, 3.8) is 0 Å². The van der Waals surface area contributed by atoms with Crippen LogP contribution in [0.4, 0.5) is 15.9 Å². The van der Waals surface area contributed by atoms with Crippen LogP contribution in [0.5, 0.6) is 0 Å². The topological polar surface area (TPSA) is 82.5 Å². The lowest BCUT2D eigenvalue weighted by Crippen LogP contribution is -2.27. The van der Waals surface area contributed by atoms with Gasteiger partial charge in [0.05, 0.1) is 17.4 Å². The van der Waals surface area contributed by atoms with Gasteiger partial charge >= 0.3 is 5.97 Å². The number of benzene rings is 1. The van der Waals surface area contributed by atoms with Crippen molar-refractivity contribution in [2.75, 3.05) is 23.3 Å². The molecule has 6 nitrogen and oxygen atoms in total. The number of hydrogen-bond acceptors (Lipinski definition) is 4. The highest BCUT2D eigenvalue weighted by Gasteiger charge is 2.20. The summed E-state index contributed by atoms with van der Waals surface area (Å²) in [6, 6.07) is 6.97. The van der Waals surface area contributed by atoms with E-state index in [2.05, 4.69) is 10.3 Å². The van der Waals surface area contributed by atoms with Gasteiger partial charge in [0.2, 0.25) is 0 Å². The SMILES string of the molecule is O=C(Nc1cnc(N2CCCCCC2)c(C(=O)O)c1)c1ccccc1F. The Morgan fingerprint density at radius 1 is 1.08 bits per heavy atom. The number of carbonyl (C=O) groups is 2. The Morgan fingerprint density at radius 3 is 2.42 bits per heavy atom. The van der Waals surface area contributed by atoms with Crippen LogP contribution in [0.15, 0.2) is 36.5 Å². The zero-order chi connectivity index (χ0) is 18.5. The Labute approximate surface area is 150 Å². The number of nitrogens with one attached hydrogen (secondary N) is 1. The van der Waals surface area contributed by atoms with Gasteiger partial charge in [-0.05, 0) is 31.0 Å². The van der Waals surface area contributed by atoms with Crippen molar-refractivity contribution in [2.45, 2.75) is 25.7 Å². The third-order valence-electron chi connectivity index (χ3n) is 4.38. The Morgan fingerprint density at radius 2 is 1.77 bits per heavy atom. The number of hydrogen-bond donors (Lipinski definition) is 2. The van der Waals surface area contributed by atoms with Gasteiger partial charge in [-0.25, -0.2) is 14.2 Å². The van der Waals surface area contributed by atoms with Gasteiger partial charge in [0.15, 0.2) is 0 Å². The standard InChI is InChI=1S/C19H20FN3O3/c20-16-8-4-3-7-14(16)18(24)22-13-11-15(19(25)26)17(21-12-13)23-9-5-1-2-6-10-23/h3-4,7-8,11-12H,1-2,5-6,9-10H2,(H,22,24)(H,25,26). The second kappa shape index (κ2) is 7.95. The van der Waals surface area contributed by atoms with Crippen LogP contribution in [0.3, 0.4) is 0 Å². The predicted octanol–water partition coefficient (Wildman–Crippen LogP) is 3.55. The summed E-state index contributed by atoms with van der Waals surface area (Å²) in [5, 5.41) is 12.1. The molecule has 2 N–H and O–H groups in total. The molecule has 0 aliphatic carbocycles. The lowest BCUT2D eigenvalue weighted by atomic mass is 10.2. The monoisotopic (exact) mass is 357 g/mol. The maximum atomic E-state index is 13.7. The van der Waals surface area contributed by atoms with Crippen molar-refractivity contribution < 1.29 is 19.1 Å². The highest BCUT2D eigenvalue weighted by molar-refractivity contribution is 6.05. The van der Waals surface area contributed by atoms with E-state index in [0.29, 0.717) is 5.82 Å². The number of aromatic nitrogens is 1. The number of amides is 1. The third kappa shape index (κ3) is 3.99. The molecular weight excluding hydrogens is 337 g/mol. The summed E-state index contributed by atoms with van der Waals surface area (Å²) in [6.07, 6.45) is 5.63. The van der Waals surface area contributed by atoms with E-state index in [9.17, 15) is 19.1 Å². The van der Waals surface area contributed by atoms with E-state index in [-0.39, 0.29) is 16.8 Å². The van der Waals surface area contributed by atoms with Crippen LogP contribution in [0.2, 0.25) is 0 Å². The molecule has 0 unspecified atom stereocenters. The first-order valence-electron chi connectivity index (χ1n) is 8.60. The lowest BCUT2D eigenvalue weighted by Gasteiger charge is -2.23. The molecule has 0 radical (unpaired) electrons. The van der Waals surface area contributed by atoms with E-state index in [0.717, 1.165) is 38.8 Å². The maximum Gasteiger partial charge on any atom is 0.339 e. The maximum absolute atomic E-state index is 13.7. The summed E-state index contributed by atoms with van der Waals surface area (Å²) in [5.41, 5.74) is 0.133. The number of pyridine rings is 1. The van der Waals surface area contributed by atoms with Crippen LogP contribution in [0.25, 0.3) is 0 Å². The fourth-order valence-electron chi connectivity index (χ4n) is 3.06. The molecule has 1 aromatic carbocycles. The van der Waals surface area contributed by atoms with Crippen LogP contribution in [0.1, 0.15) is 46.4 Å². The van der Waals surface area contributed by atoms with E-state index in [1.807, 2.05) is 4.90 Å². The van der Waals surface area contributed by atoms with Gasteiger partial charge in [-0.3, -0.25) is 4.79 Å². The molecule has 2 aromatic rings. The first kappa shape index (κ1) is 17.8. The van der Waals surface area contributed by atoms with Crippen LogP contribution in [0, 0.1) is 5.82 Å². The minimum Gasteiger partial charge on any atom is -0.478 e. The molecule has 1 aromatic heterocycles. The van der Waals surface area contributed by atoms with E-state index >= 15 is 0 Å². The van der Waals surface area contributed by atoms with Crippen LogP contribution in [-0.4, -0.2) is 35.1 Å². The Bertz CT molecular complexity index is 817. The Kier molecular flexibility index (Phi) is 5.46. The molecule has 0 bridgehead atoms. The number of anilines is 2. The van der Waals surface area contributed by atoms with Crippen molar-refractivity contribution in [1.29, 1.82) is 0 Å². The molecular formula is C19H20FN3O3. The van der Waals surface area contributed by atoms with Crippen molar-refractivity contribution in [3.8, 4) is 0 Å². The molecule has 1 aliphatic rings. The zero-order valence-electron chi connectivity index (χ0n) is 14.2. The molecule has 0 saturated carbocycles. The third-order valence-corrected chi connectivity index (χ3v) is 4.38. The fourth-order valence-corrected chi connectivity index (χ4v) is 3.06. The average Bonchev–Trinajstić information content (AvgIpc) is 2.91. The summed E-state index contributed by atoms with van der Waals surface area (Å²) in [7, 11) is 0. The molecule has 1 amide bonds. The van der Waals surface area contributed by atoms with Gasteiger partial charge in [0.1, 0.15) is 17.2 Å².